The molecule has 0 saturated carbocycles. The van der Waals surface area contributed by atoms with Gasteiger partial charge in [-0.2, -0.15) is 0 Å². The lowest BCUT2D eigenvalue weighted by molar-refractivity contribution is 1.20. The highest BCUT2D eigenvalue weighted by atomic mass is 15.0. The highest BCUT2D eigenvalue weighted by Gasteiger charge is 2.23. The quantitative estimate of drug-likeness (QED) is 0.158. The summed E-state index contributed by atoms with van der Waals surface area (Å²) in [6.45, 7) is 0. The van der Waals surface area contributed by atoms with Crippen LogP contribution in [0.3, 0.4) is 0 Å². The molecule has 0 spiro atoms. The third kappa shape index (κ3) is 3.79. The van der Waals surface area contributed by atoms with Gasteiger partial charge in [-0.1, -0.05) is 146 Å². The molecular weight excluding hydrogens is 749 g/mol. The first-order chi connectivity index (χ1) is 30.7. The number of hydrogen-bond donors (Lipinski definition) is 0. The standard InChI is InChI=1S/C60H32N2/c1-5-33-13-15-39-23-27-47(45-25-21-35(7-1)53(33)55(39)45)61-49-11-3-9-37-17-19-41-29-43(31-51(61)59(41)57(37)49)44-30-42-20-18-38-10-4-12-50-58(38)60(42)52(32-44)62(50)48-28-24-40-16-14-34-6-2-8-36-22-26-46(48)56(40)54(34)36/h1-32H. The predicted octanol–water partition coefficient (Wildman–Crippen LogP) is 16.5. The molecule has 0 aliphatic heterocycles. The van der Waals surface area contributed by atoms with Crippen LogP contribution in [0.2, 0.25) is 0 Å². The monoisotopic (exact) mass is 780 g/mol. The first-order valence-corrected chi connectivity index (χ1v) is 21.7. The zero-order chi connectivity index (χ0) is 39.9. The molecular formula is C60H32N2. The van der Waals surface area contributed by atoms with Crippen molar-refractivity contribution < 1.29 is 0 Å². The van der Waals surface area contributed by atoms with E-state index in [-0.39, 0.29) is 0 Å². The fraction of sp³-hybridized carbons (Fsp3) is 0. The molecule has 16 aromatic rings. The first kappa shape index (κ1) is 31.7. The molecule has 2 nitrogen and oxygen atoms in total. The molecule has 14 aromatic carbocycles. The maximum absolute atomic E-state index is 2.55. The van der Waals surface area contributed by atoms with Crippen LogP contribution in [0, 0.1) is 0 Å². The summed E-state index contributed by atoms with van der Waals surface area (Å²) in [7, 11) is 0. The SMILES string of the molecule is c1cc2ccc3ccc(-n4c5cccc6ccc7cc(-c8cc9ccc%10cccc%11c%10c9c(c8)n%11-c8ccc9ccc%10cccc%11ccc8c9c%10%11)cc4c7c65)c4ccc(c1)c2c34. The van der Waals surface area contributed by atoms with Crippen molar-refractivity contribution in [2.24, 2.45) is 0 Å². The molecule has 0 N–H and O–H groups in total. The van der Waals surface area contributed by atoms with E-state index in [1.165, 1.54) is 152 Å². The Morgan fingerprint density at radius 2 is 0.516 bits per heavy atom. The van der Waals surface area contributed by atoms with E-state index in [0.717, 1.165) is 0 Å². The van der Waals surface area contributed by atoms with Crippen LogP contribution >= 0.6 is 0 Å². The van der Waals surface area contributed by atoms with Gasteiger partial charge in [-0.25, -0.2) is 0 Å². The number of benzene rings is 14. The molecule has 0 atom stereocenters. The zero-order valence-corrected chi connectivity index (χ0v) is 33.4. The fourth-order valence-electron chi connectivity index (χ4n) is 12.1. The Labute approximate surface area is 354 Å². The summed E-state index contributed by atoms with van der Waals surface area (Å²) in [6.07, 6.45) is 0. The van der Waals surface area contributed by atoms with Crippen molar-refractivity contribution in [1.82, 2.24) is 9.13 Å². The van der Waals surface area contributed by atoms with Gasteiger partial charge in [0.2, 0.25) is 0 Å². The Morgan fingerprint density at radius 3 is 0.935 bits per heavy atom. The minimum Gasteiger partial charge on any atom is -0.309 e. The minimum atomic E-state index is 1.21. The van der Waals surface area contributed by atoms with Gasteiger partial charge >= 0.3 is 0 Å². The number of hydrogen-bond acceptors (Lipinski definition) is 0. The molecule has 62 heavy (non-hydrogen) atoms. The lowest BCUT2D eigenvalue weighted by atomic mass is 9.93. The average Bonchev–Trinajstić information content (AvgIpc) is 3.85. The minimum absolute atomic E-state index is 1.21. The van der Waals surface area contributed by atoms with E-state index in [4.69, 9.17) is 0 Å². The molecule has 0 aliphatic rings. The number of aromatic nitrogens is 2. The van der Waals surface area contributed by atoms with Gasteiger partial charge in [0.15, 0.2) is 0 Å². The van der Waals surface area contributed by atoms with Crippen LogP contribution in [0.4, 0.5) is 0 Å². The van der Waals surface area contributed by atoms with Gasteiger partial charge in [-0.3, -0.25) is 0 Å². The van der Waals surface area contributed by atoms with E-state index in [0.29, 0.717) is 0 Å². The van der Waals surface area contributed by atoms with E-state index < -0.39 is 0 Å². The lowest BCUT2D eigenvalue weighted by Gasteiger charge is -2.17. The maximum Gasteiger partial charge on any atom is 0.0553 e. The van der Waals surface area contributed by atoms with Crippen molar-refractivity contribution in [2.75, 3.05) is 0 Å². The molecule has 0 unspecified atom stereocenters. The molecule has 2 aromatic heterocycles. The summed E-state index contributed by atoms with van der Waals surface area (Å²) >= 11 is 0. The normalized spacial score (nSPS) is 12.8. The maximum atomic E-state index is 2.55. The first-order valence-electron chi connectivity index (χ1n) is 21.7. The summed E-state index contributed by atoms with van der Waals surface area (Å²) < 4.78 is 5.10. The topological polar surface area (TPSA) is 9.86 Å². The molecule has 0 aliphatic carbocycles. The fourth-order valence-corrected chi connectivity index (χ4v) is 12.1. The van der Waals surface area contributed by atoms with Gasteiger partial charge in [0.1, 0.15) is 0 Å². The smallest absolute Gasteiger partial charge is 0.0553 e. The Balaban J connectivity index is 1.01. The Bertz CT molecular complexity index is 4230. The van der Waals surface area contributed by atoms with E-state index >= 15 is 0 Å². The van der Waals surface area contributed by atoms with Gasteiger partial charge < -0.3 is 9.13 Å². The lowest BCUT2D eigenvalue weighted by Crippen LogP contribution is -1.97. The van der Waals surface area contributed by atoms with Crippen molar-refractivity contribution in [3.05, 3.63) is 194 Å². The molecule has 16 rings (SSSR count). The Hall–Kier alpha value is -8.20. The molecule has 2 heterocycles. The molecule has 0 bridgehead atoms. The van der Waals surface area contributed by atoms with Crippen molar-refractivity contribution in [3.63, 3.8) is 0 Å². The average molecular weight is 781 g/mol. The van der Waals surface area contributed by atoms with Gasteiger partial charge in [-0.05, 0) is 135 Å². The van der Waals surface area contributed by atoms with Crippen molar-refractivity contribution >= 4 is 130 Å². The molecule has 2 heteroatoms. The van der Waals surface area contributed by atoms with Crippen LogP contribution in [0.25, 0.3) is 152 Å². The van der Waals surface area contributed by atoms with E-state index in [2.05, 4.69) is 203 Å². The van der Waals surface area contributed by atoms with Gasteiger partial charge in [0, 0.05) is 32.3 Å². The van der Waals surface area contributed by atoms with Crippen molar-refractivity contribution in [1.29, 1.82) is 0 Å². The molecule has 0 radical (unpaired) electrons. The highest BCUT2D eigenvalue weighted by Crippen LogP contribution is 2.47. The largest absolute Gasteiger partial charge is 0.309 e. The van der Waals surface area contributed by atoms with Crippen molar-refractivity contribution in [2.45, 2.75) is 0 Å². The molecule has 0 amide bonds. The second-order valence-electron chi connectivity index (χ2n) is 17.6. The van der Waals surface area contributed by atoms with Gasteiger partial charge in [0.05, 0.1) is 33.4 Å². The van der Waals surface area contributed by atoms with E-state index in [1.807, 2.05) is 0 Å². The summed E-state index contributed by atoms with van der Waals surface area (Å²) in [5.74, 6) is 0. The summed E-state index contributed by atoms with van der Waals surface area (Å²) in [4.78, 5) is 0. The van der Waals surface area contributed by atoms with Gasteiger partial charge in [0.25, 0.3) is 0 Å². The van der Waals surface area contributed by atoms with Gasteiger partial charge in [-0.15, -0.1) is 0 Å². The molecule has 0 fully saturated rings. The number of nitrogens with zero attached hydrogens (tertiary/aromatic N) is 2. The van der Waals surface area contributed by atoms with Crippen LogP contribution in [-0.4, -0.2) is 9.13 Å². The molecule has 282 valence electrons. The predicted molar refractivity (Wildman–Crippen MR) is 265 cm³/mol. The number of rotatable bonds is 3. The Morgan fingerprint density at radius 1 is 0.210 bits per heavy atom. The third-order valence-corrected chi connectivity index (χ3v) is 14.6. The second kappa shape index (κ2) is 10.9. The third-order valence-electron chi connectivity index (χ3n) is 14.6. The van der Waals surface area contributed by atoms with Crippen LogP contribution in [0.5, 0.6) is 0 Å². The van der Waals surface area contributed by atoms with Crippen LogP contribution in [0.1, 0.15) is 0 Å². The summed E-state index contributed by atoms with van der Waals surface area (Å²) in [5.41, 5.74) is 9.81. The second-order valence-corrected chi connectivity index (χ2v) is 17.6. The van der Waals surface area contributed by atoms with E-state index in [1.54, 1.807) is 0 Å². The Kier molecular flexibility index (Phi) is 5.59. The highest BCUT2D eigenvalue weighted by molar-refractivity contribution is 6.30. The molecule has 0 saturated heterocycles. The van der Waals surface area contributed by atoms with Crippen LogP contribution < -0.4 is 0 Å². The summed E-state index contributed by atoms with van der Waals surface area (Å²) in [5, 5.41) is 26.0. The zero-order valence-electron chi connectivity index (χ0n) is 33.4. The van der Waals surface area contributed by atoms with E-state index in [9.17, 15) is 0 Å². The van der Waals surface area contributed by atoms with Crippen LogP contribution in [0.15, 0.2) is 194 Å². The van der Waals surface area contributed by atoms with Crippen molar-refractivity contribution in [3.8, 4) is 22.5 Å². The van der Waals surface area contributed by atoms with Crippen LogP contribution in [-0.2, 0) is 0 Å². The summed E-state index contributed by atoms with van der Waals surface area (Å²) in [6, 6.07) is 73.8.